The lowest BCUT2D eigenvalue weighted by Gasteiger charge is -2.24. The first-order valence-electron chi connectivity index (χ1n) is 12.8. The topological polar surface area (TPSA) is 113 Å². The molecule has 39 heavy (non-hydrogen) atoms. The molecule has 0 unspecified atom stereocenters. The Balaban J connectivity index is 1.34. The second-order valence-electron chi connectivity index (χ2n) is 10.2. The molecular formula is C27H25F2N7O2S. The molecule has 3 aliphatic heterocycles. The van der Waals surface area contributed by atoms with Gasteiger partial charge >= 0.3 is 0 Å². The number of ether oxygens (including phenoxy) is 2. The standard InChI is InChI=1S/C27H25F2N7O2S/c1-37-14-3-5-35(10-14)13-2-4-36(9-13)27-33-7-16-17-11-38-12-18(17)20(22(29)23(16)34-27)24-21-15(6-30)26(31)39-25(21)19(28)8-32-24/h7-8,13-14H,2-5,9-12,31H2,1H3/t13-,14+/m1/s1. The van der Waals surface area contributed by atoms with Crippen LogP contribution in [0.4, 0.5) is 19.7 Å². The zero-order valence-electron chi connectivity index (χ0n) is 21.2. The van der Waals surface area contributed by atoms with Gasteiger partial charge < -0.3 is 20.1 Å². The van der Waals surface area contributed by atoms with Crippen LogP contribution in [0, 0.1) is 23.0 Å². The Kier molecular flexibility index (Phi) is 5.85. The molecule has 6 heterocycles. The van der Waals surface area contributed by atoms with Crippen molar-refractivity contribution in [2.24, 2.45) is 0 Å². The van der Waals surface area contributed by atoms with Crippen molar-refractivity contribution in [1.82, 2.24) is 19.9 Å². The second kappa shape index (κ2) is 9.31. The predicted molar refractivity (Wildman–Crippen MR) is 143 cm³/mol. The third-order valence-electron chi connectivity index (χ3n) is 8.20. The Morgan fingerprint density at radius 2 is 2.00 bits per heavy atom. The van der Waals surface area contributed by atoms with Crippen LogP contribution in [0.2, 0.25) is 0 Å². The average Bonchev–Trinajstić information content (AvgIpc) is 3.75. The fourth-order valence-corrected chi connectivity index (χ4v) is 7.11. The highest BCUT2D eigenvalue weighted by Gasteiger charge is 2.35. The maximum Gasteiger partial charge on any atom is 0.226 e. The summed E-state index contributed by atoms with van der Waals surface area (Å²) < 4.78 is 42.6. The summed E-state index contributed by atoms with van der Waals surface area (Å²) in [5, 5.41) is 10.7. The Labute approximate surface area is 226 Å². The molecule has 9 nitrogen and oxygen atoms in total. The fraction of sp³-hybridized carbons (Fsp3) is 0.407. The van der Waals surface area contributed by atoms with Gasteiger partial charge in [-0.15, -0.1) is 11.3 Å². The molecule has 2 N–H and O–H groups in total. The highest BCUT2D eigenvalue weighted by atomic mass is 32.1. The monoisotopic (exact) mass is 549 g/mol. The lowest BCUT2D eigenvalue weighted by molar-refractivity contribution is 0.102. The Morgan fingerprint density at radius 1 is 1.15 bits per heavy atom. The van der Waals surface area contributed by atoms with E-state index in [4.69, 9.17) is 20.2 Å². The molecule has 3 aromatic heterocycles. The summed E-state index contributed by atoms with van der Waals surface area (Å²) in [5.41, 5.74) is 7.99. The minimum atomic E-state index is -0.607. The molecule has 200 valence electrons. The number of halogens is 2. The number of nitriles is 1. The van der Waals surface area contributed by atoms with E-state index in [1.807, 2.05) is 6.07 Å². The van der Waals surface area contributed by atoms with E-state index >= 15 is 4.39 Å². The lowest BCUT2D eigenvalue weighted by Crippen LogP contribution is -2.37. The summed E-state index contributed by atoms with van der Waals surface area (Å²) >= 11 is 0.955. The third-order valence-corrected chi connectivity index (χ3v) is 9.23. The highest BCUT2D eigenvalue weighted by Crippen LogP contribution is 2.45. The number of aromatic nitrogens is 3. The van der Waals surface area contributed by atoms with Crippen molar-refractivity contribution >= 4 is 43.3 Å². The number of pyridine rings is 1. The van der Waals surface area contributed by atoms with E-state index in [1.165, 1.54) is 0 Å². The molecule has 0 saturated carbocycles. The highest BCUT2D eigenvalue weighted by molar-refractivity contribution is 7.23. The normalized spacial score (nSPS) is 21.3. The molecule has 2 atom stereocenters. The smallest absolute Gasteiger partial charge is 0.226 e. The maximum atomic E-state index is 16.5. The summed E-state index contributed by atoms with van der Waals surface area (Å²) in [4.78, 5) is 18.1. The van der Waals surface area contributed by atoms with E-state index in [0.29, 0.717) is 22.9 Å². The van der Waals surface area contributed by atoms with Gasteiger partial charge in [-0.3, -0.25) is 9.88 Å². The van der Waals surface area contributed by atoms with Gasteiger partial charge in [-0.05, 0) is 24.0 Å². The van der Waals surface area contributed by atoms with Crippen molar-refractivity contribution in [3.8, 4) is 17.3 Å². The van der Waals surface area contributed by atoms with Gasteiger partial charge in [-0.2, -0.15) is 5.26 Å². The van der Waals surface area contributed by atoms with Crippen LogP contribution in [0.3, 0.4) is 0 Å². The summed E-state index contributed by atoms with van der Waals surface area (Å²) in [5.74, 6) is -0.736. The van der Waals surface area contributed by atoms with E-state index < -0.39 is 11.6 Å². The van der Waals surface area contributed by atoms with Gasteiger partial charge in [0.1, 0.15) is 16.6 Å². The van der Waals surface area contributed by atoms with Crippen molar-refractivity contribution in [1.29, 1.82) is 5.26 Å². The van der Waals surface area contributed by atoms with Gasteiger partial charge in [-0.25, -0.2) is 18.7 Å². The third kappa shape index (κ3) is 3.76. The van der Waals surface area contributed by atoms with Crippen molar-refractivity contribution in [3.05, 3.63) is 40.7 Å². The number of hydrogen-bond acceptors (Lipinski definition) is 10. The second-order valence-corrected chi connectivity index (χ2v) is 11.3. The number of rotatable bonds is 4. The van der Waals surface area contributed by atoms with Crippen LogP contribution >= 0.6 is 11.3 Å². The van der Waals surface area contributed by atoms with Crippen LogP contribution in [0.15, 0.2) is 12.4 Å². The number of nitrogens with zero attached hydrogens (tertiary/aromatic N) is 6. The molecule has 3 aliphatic rings. The van der Waals surface area contributed by atoms with Crippen LogP contribution in [-0.4, -0.2) is 65.3 Å². The van der Waals surface area contributed by atoms with Crippen molar-refractivity contribution in [2.75, 3.05) is 43.9 Å². The van der Waals surface area contributed by atoms with E-state index in [1.54, 1.807) is 13.3 Å². The summed E-state index contributed by atoms with van der Waals surface area (Å²) in [6, 6.07) is 2.40. The summed E-state index contributed by atoms with van der Waals surface area (Å²) in [7, 11) is 1.75. The first-order valence-corrected chi connectivity index (χ1v) is 13.7. The molecule has 2 fully saturated rings. The van der Waals surface area contributed by atoms with Crippen molar-refractivity contribution in [2.45, 2.75) is 38.2 Å². The van der Waals surface area contributed by atoms with Crippen molar-refractivity contribution in [3.63, 3.8) is 0 Å². The molecule has 2 saturated heterocycles. The summed E-state index contributed by atoms with van der Waals surface area (Å²) in [6.45, 7) is 3.86. The van der Waals surface area contributed by atoms with Crippen LogP contribution < -0.4 is 10.6 Å². The van der Waals surface area contributed by atoms with Gasteiger partial charge in [-0.1, -0.05) is 0 Å². The molecule has 1 aromatic carbocycles. The van der Waals surface area contributed by atoms with Crippen molar-refractivity contribution < 1.29 is 18.3 Å². The number of nitrogen functional groups attached to an aromatic ring is 1. The van der Waals surface area contributed by atoms with E-state index in [0.717, 1.165) is 62.1 Å². The number of benzene rings is 1. The largest absolute Gasteiger partial charge is 0.389 e. The van der Waals surface area contributed by atoms with Gasteiger partial charge in [0.25, 0.3) is 0 Å². The molecule has 4 aromatic rings. The summed E-state index contributed by atoms with van der Waals surface area (Å²) in [6.07, 6.45) is 4.97. The Morgan fingerprint density at radius 3 is 2.79 bits per heavy atom. The first-order chi connectivity index (χ1) is 19.0. The average molecular weight is 550 g/mol. The number of likely N-dealkylation sites (tertiary alicyclic amines) is 1. The molecular weight excluding hydrogens is 524 g/mol. The first kappa shape index (κ1) is 24.5. The zero-order chi connectivity index (χ0) is 26.8. The number of hydrogen-bond donors (Lipinski definition) is 1. The Bertz CT molecular complexity index is 1690. The van der Waals surface area contributed by atoms with Crippen LogP contribution in [0.5, 0.6) is 0 Å². The predicted octanol–water partition coefficient (Wildman–Crippen LogP) is 3.97. The zero-order valence-corrected chi connectivity index (χ0v) is 22.0. The molecule has 0 amide bonds. The quantitative estimate of drug-likeness (QED) is 0.404. The molecule has 0 spiro atoms. The fourth-order valence-electron chi connectivity index (χ4n) is 6.19. The van der Waals surface area contributed by atoms with Gasteiger partial charge in [0.2, 0.25) is 5.95 Å². The minimum absolute atomic E-state index is 0.0910. The molecule has 0 bridgehead atoms. The molecule has 0 aliphatic carbocycles. The maximum absolute atomic E-state index is 16.5. The van der Waals surface area contributed by atoms with E-state index in [9.17, 15) is 9.65 Å². The molecule has 0 radical (unpaired) electrons. The van der Waals surface area contributed by atoms with Crippen LogP contribution in [-0.2, 0) is 22.7 Å². The molecule has 7 rings (SSSR count). The minimum Gasteiger partial charge on any atom is -0.389 e. The number of methoxy groups -OCH3 is 1. The molecule has 12 heteroatoms. The van der Waals surface area contributed by atoms with E-state index in [-0.39, 0.29) is 56.7 Å². The number of nitrogens with two attached hydrogens (primary N) is 1. The lowest BCUT2D eigenvalue weighted by atomic mass is 9.94. The Hall–Kier alpha value is -3.50. The number of fused-ring (bicyclic) bond motifs is 4. The van der Waals surface area contributed by atoms with Crippen LogP contribution in [0.1, 0.15) is 29.5 Å². The van der Waals surface area contributed by atoms with Crippen LogP contribution in [0.25, 0.3) is 32.2 Å². The van der Waals surface area contributed by atoms with Gasteiger partial charge in [0.05, 0.1) is 41.5 Å². The number of thiophene rings is 1. The van der Waals surface area contributed by atoms with Gasteiger partial charge in [0, 0.05) is 61.9 Å². The SMILES string of the molecule is CO[C@H]1CCN([C@@H]2CCN(c3ncc4c5c(c(-c6ncc(F)c7sc(N)c(C#N)c67)c(F)c4n3)COC5)C2)C1. The number of anilines is 2. The van der Waals surface area contributed by atoms with Gasteiger partial charge in [0.15, 0.2) is 11.6 Å². The van der Waals surface area contributed by atoms with E-state index in [2.05, 4.69) is 19.8 Å².